The van der Waals surface area contributed by atoms with Crippen LogP contribution in [0.4, 0.5) is 0 Å². The van der Waals surface area contributed by atoms with E-state index >= 15 is 0 Å². The van der Waals surface area contributed by atoms with Gasteiger partial charge in [0.1, 0.15) is 0 Å². The maximum Gasteiger partial charge on any atom is 0.246 e. The number of carbonyl (C=O) groups is 1. The Labute approximate surface area is 132 Å². The van der Waals surface area contributed by atoms with Crippen molar-refractivity contribution in [2.45, 2.75) is 46.1 Å². The largest absolute Gasteiger partial charge is 0.454 e. The van der Waals surface area contributed by atoms with E-state index in [4.69, 9.17) is 9.47 Å². The molecule has 0 aliphatic carbocycles. The predicted octanol–water partition coefficient (Wildman–Crippen LogP) is 3.86. The minimum absolute atomic E-state index is 0.0699. The van der Waals surface area contributed by atoms with Gasteiger partial charge in [0.05, 0.1) is 0 Å². The maximum absolute atomic E-state index is 12.4. The van der Waals surface area contributed by atoms with Gasteiger partial charge in [0, 0.05) is 18.7 Å². The molecule has 0 saturated heterocycles. The summed E-state index contributed by atoms with van der Waals surface area (Å²) >= 11 is 0. The molecule has 4 heteroatoms. The third kappa shape index (κ3) is 3.81. The van der Waals surface area contributed by atoms with Crippen LogP contribution in [-0.2, 0) is 4.79 Å². The molecular formula is C18H25NO3. The second-order valence-electron chi connectivity index (χ2n) is 5.42. The minimum atomic E-state index is 0.0699. The van der Waals surface area contributed by atoms with Gasteiger partial charge in [0.15, 0.2) is 11.5 Å². The standard InChI is InChI=1S/C18H25NO3/c1-4-7-15(5-2)19(6-3)18(20)11-9-14-8-10-16-17(12-14)22-13-21-16/h8-12,15H,4-7,13H2,1-3H3/b11-9+. The van der Waals surface area contributed by atoms with Crippen molar-refractivity contribution in [1.29, 1.82) is 0 Å². The van der Waals surface area contributed by atoms with Gasteiger partial charge in [-0.05, 0) is 43.5 Å². The Morgan fingerprint density at radius 1 is 1.27 bits per heavy atom. The summed E-state index contributed by atoms with van der Waals surface area (Å²) in [5.41, 5.74) is 0.942. The van der Waals surface area contributed by atoms with Crippen LogP contribution in [0.2, 0.25) is 0 Å². The average Bonchev–Trinajstić information content (AvgIpc) is 3.00. The maximum atomic E-state index is 12.4. The lowest BCUT2D eigenvalue weighted by atomic mass is 10.1. The number of benzene rings is 1. The monoisotopic (exact) mass is 303 g/mol. The van der Waals surface area contributed by atoms with Gasteiger partial charge in [-0.2, -0.15) is 0 Å². The third-order valence-electron chi connectivity index (χ3n) is 3.97. The number of carbonyl (C=O) groups excluding carboxylic acids is 1. The highest BCUT2D eigenvalue weighted by molar-refractivity contribution is 5.92. The molecule has 1 aliphatic rings. The fourth-order valence-electron chi connectivity index (χ4n) is 2.79. The molecule has 1 atom stereocenters. The average molecular weight is 303 g/mol. The fraction of sp³-hybridized carbons (Fsp3) is 0.500. The Kier molecular flexibility index (Phi) is 5.87. The van der Waals surface area contributed by atoms with Crippen molar-refractivity contribution in [3.63, 3.8) is 0 Å². The second-order valence-corrected chi connectivity index (χ2v) is 5.42. The lowest BCUT2D eigenvalue weighted by Gasteiger charge is -2.29. The Bertz CT molecular complexity index is 539. The van der Waals surface area contributed by atoms with Crippen LogP contribution < -0.4 is 9.47 Å². The summed E-state index contributed by atoms with van der Waals surface area (Å²) < 4.78 is 10.6. The molecule has 0 spiro atoms. The molecule has 1 heterocycles. The smallest absolute Gasteiger partial charge is 0.246 e. The number of nitrogens with zero attached hydrogens (tertiary/aromatic N) is 1. The lowest BCUT2D eigenvalue weighted by Crippen LogP contribution is -2.38. The molecular weight excluding hydrogens is 278 g/mol. The molecule has 0 fully saturated rings. The van der Waals surface area contributed by atoms with Crippen molar-refractivity contribution in [3.8, 4) is 11.5 Å². The van der Waals surface area contributed by atoms with Gasteiger partial charge in [-0.15, -0.1) is 0 Å². The zero-order chi connectivity index (χ0) is 15.9. The highest BCUT2D eigenvalue weighted by Gasteiger charge is 2.18. The fourth-order valence-corrected chi connectivity index (χ4v) is 2.79. The quantitative estimate of drug-likeness (QED) is 0.718. The molecule has 0 N–H and O–H groups in total. The van der Waals surface area contributed by atoms with E-state index in [1.54, 1.807) is 6.08 Å². The lowest BCUT2D eigenvalue weighted by molar-refractivity contribution is -0.128. The zero-order valence-corrected chi connectivity index (χ0v) is 13.7. The van der Waals surface area contributed by atoms with Crippen LogP contribution in [0, 0.1) is 0 Å². The number of amides is 1. The normalized spacial score (nSPS) is 14.3. The molecule has 120 valence electrons. The Hall–Kier alpha value is -1.97. The summed E-state index contributed by atoms with van der Waals surface area (Å²) in [7, 11) is 0. The number of hydrogen-bond donors (Lipinski definition) is 0. The van der Waals surface area contributed by atoms with Crippen LogP contribution in [0.25, 0.3) is 6.08 Å². The van der Waals surface area contributed by atoms with Crippen LogP contribution in [-0.4, -0.2) is 30.2 Å². The van der Waals surface area contributed by atoms with Gasteiger partial charge < -0.3 is 14.4 Å². The highest BCUT2D eigenvalue weighted by atomic mass is 16.7. The molecule has 1 aromatic carbocycles. The Morgan fingerprint density at radius 2 is 2.05 bits per heavy atom. The van der Waals surface area contributed by atoms with E-state index < -0.39 is 0 Å². The van der Waals surface area contributed by atoms with Crippen LogP contribution in [0.1, 0.15) is 45.6 Å². The van der Waals surface area contributed by atoms with Crippen LogP contribution in [0.15, 0.2) is 24.3 Å². The summed E-state index contributed by atoms with van der Waals surface area (Å²) in [6.45, 7) is 7.33. The van der Waals surface area contributed by atoms with E-state index in [1.165, 1.54) is 0 Å². The first-order valence-corrected chi connectivity index (χ1v) is 8.07. The van der Waals surface area contributed by atoms with Gasteiger partial charge in [-0.1, -0.05) is 26.3 Å². The van der Waals surface area contributed by atoms with Gasteiger partial charge in [-0.25, -0.2) is 0 Å². The van der Waals surface area contributed by atoms with E-state index in [0.29, 0.717) is 6.04 Å². The number of likely N-dealkylation sites (N-methyl/N-ethyl adjacent to an activating group) is 1. The minimum Gasteiger partial charge on any atom is -0.454 e. The van der Waals surface area contributed by atoms with Crippen molar-refractivity contribution in [3.05, 3.63) is 29.8 Å². The van der Waals surface area contributed by atoms with E-state index in [1.807, 2.05) is 36.1 Å². The second kappa shape index (κ2) is 7.87. The third-order valence-corrected chi connectivity index (χ3v) is 3.97. The van der Waals surface area contributed by atoms with Crippen molar-refractivity contribution < 1.29 is 14.3 Å². The van der Waals surface area contributed by atoms with E-state index in [2.05, 4.69) is 13.8 Å². The van der Waals surface area contributed by atoms with Crippen molar-refractivity contribution in [1.82, 2.24) is 4.90 Å². The number of rotatable bonds is 7. The number of hydrogen-bond acceptors (Lipinski definition) is 3. The molecule has 4 nitrogen and oxygen atoms in total. The summed E-state index contributed by atoms with van der Waals surface area (Å²) in [4.78, 5) is 14.4. The van der Waals surface area contributed by atoms with Crippen LogP contribution in [0.3, 0.4) is 0 Å². The van der Waals surface area contributed by atoms with Crippen LogP contribution in [0.5, 0.6) is 11.5 Å². The molecule has 0 saturated carbocycles. The first-order valence-electron chi connectivity index (χ1n) is 8.07. The van der Waals surface area contributed by atoms with Gasteiger partial charge >= 0.3 is 0 Å². The molecule has 1 aliphatic heterocycles. The van der Waals surface area contributed by atoms with E-state index in [9.17, 15) is 4.79 Å². The molecule has 0 radical (unpaired) electrons. The molecule has 1 amide bonds. The molecule has 0 bridgehead atoms. The Balaban J connectivity index is 2.05. The van der Waals surface area contributed by atoms with Crippen molar-refractivity contribution in [2.75, 3.05) is 13.3 Å². The number of fused-ring (bicyclic) bond motifs is 1. The van der Waals surface area contributed by atoms with E-state index in [-0.39, 0.29) is 12.7 Å². The summed E-state index contributed by atoms with van der Waals surface area (Å²) in [5.74, 6) is 1.56. The zero-order valence-electron chi connectivity index (χ0n) is 13.7. The van der Waals surface area contributed by atoms with Crippen molar-refractivity contribution in [2.24, 2.45) is 0 Å². The Morgan fingerprint density at radius 3 is 2.73 bits per heavy atom. The first-order chi connectivity index (χ1) is 10.7. The molecule has 2 rings (SSSR count). The number of ether oxygens (including phenoxy) is 2. The summed E-state index contributed by atoms with van der Waals surface area (Å²) in [5, 5.41) is 0. The van der Waals surface area contributed by atoms with E-state index in [0.717, 1.165) is 42.9 Å². The van der Waals surface area contributed by atoms with Gasteiger partial charge in [0.2, 0.25) is 12.7 Å². The van der Waals surface area contributed by atoms with Gasteiger partial charge in [-0.3, -0.25) is 4.79 Å². The summed E-state index contributed by atoms with van der Waals surface area (Å²) in [6, 6.07) is 6.02. The molecule has 1 aromatic rings. The SMILES string of the molecule is CCCC(CC)N(CC)C(=O)/C=C/c1ccc2c(c1)OCO2. The highest BCUT2D eigenvalue weighted by Crippen LogP contribution is 2.32. The van der Waals surface area contributed by atoms with Crippen molar-refractivity contribution >= 4 is 12.0 Å². The molecule has 1 unspecified atom stereocenters. The molecule has 22 heavy (non-hydrogen) atoms. The predicted molar refractivity (Wildman–Crippen MR) is 88.0 cm³/mol. The first kappa shape index (κ1) is 16.4. The topological polar surface area (TPSA) is 38.8 Å². The summed E-state index contributed by atoms with van der Waals surface area (Å²) in [6.07, 6.45) is 6.62. The van der Waals surface area contributed by atoms with Gasteiger partial charge in [0.25, 0.3) is 0 Å². The van der Waals surface area contributed by atoms with Crippen LogP contribution >= 0.6 is 0 Å². The molecule has 0 aromatic heterocycles.